The summed E-state index contributed by atoms with van der Waals surface area (Å²) >= 11 is 1.63. The van der Waals surface area contributed by atoms with Crippen molar-refractivity contribution in [2.24, 2.45) is 4.99 Å². The number of hydrogen-bond donors (Lipinski definition) is 1. The van der Waals surface area contributed by atoms with Gasteiger partial charge in [-0.2, -0.15) is 0 Å². The lowest BCUT2D eigenvalue weighted by atomic mass is 10.2. The average Bonchev–Trinajstić information content (AvgIpc) is 2.73. The van der Waals surface area contributed by atoms with Crippen LogP contribution in [0.3, 0.4) is 0 Å². The molecule has 0 bridgehead atoms. The molecule has 0 aliphatic carbocycles. The van der Waals surface area contributed by atoms with E-state index in [4.69, 9.17) is 0 Å². The fraction of sp³-hybridized carbons (Fsp3) is 0.300. The van der Waals surface area contributed by atoms with Gasteiger partial charge in [-0.05, 0) is 12.5 Å². The van der Waals surface area contributed by atoms with Gasteiger partial charge in [0.05, 0.1) is 11.5 Å². The molecule has 1 aliphatic rings. The fourth-order valence-electron chi connectivity index (χ4n) is 1.38. The van der Waals surface area contributed by atoms with E-state index in [9.17, 15) is 10.1 Å². The Morgan fingerprint density at radius 2 is 2.38 bits per heavy atom. The number of non-ortho nitro benzene ring substituents is 1. The van der Waals surface area contributed by atoms with Crippen molar-refractivity contribution < 1.29 is 4.92 Å². The van der Waals surface area contributed by atoms with Crippen LogP contribution < -0.4 is 5.32 Å². The minimum absolute atomic E-state index is 0.0942. The molecule has 0 amide bonds. The molecular weight excluding hydrogens is 226 g/mol. The zero-order chi connectivity index (χ0) is 11.5. The van der Waals surface area contributed by atoms with Crippen LogP contribution in [-0.4, -0.2) is 22.4 Å². The minimum atomic E-state index is -0.395. The first-order valence-electron chi connectivity index (χ1n) is 4.86. The Hall–Kier alpha value is -1.56. The molecule has 0 spiro atoms. The number of nitro groups is 1. The van der Waals surface area contributed by atoms with Crippen molar-refractivity contribution >= 4 is 28.3 Å². The molecule has 0 fully saturated rings. The number of hydrogen-bond acceptors (Lipinski definition) is 5. The SMILES string of the molecule is Cc1ccc([N+](=O)[O-])cc1NC1=NCCS1. The lowest BCUT2D eigenvalue weighted by Crippen LogP contribution is -2.06. The molecule has 1 aromatic rings. The first kappa shape index (κ1) is 10.9. The highest BCUT2D eigenvalue weighted by Gasteiger charge is 2.12. The molecule has 0 unspecified atom stereocenters. The van der Waals surface area contributed by atoms with Crippen molar-refractivity contribution in [2.75, 3.05) is 17.6 Å². The van der Waals surface area contributed by atoms with E-state index in [1.807, 2.05) is 6.92 Å². The van der Waals surface area contributed by atoms with E-state index in [1.165, 1.54) is 12.1 Å². The first-order chi connectivity index (χ1) is 7.66. The summed E-state index contributed by atoms with van der Waals surface area (Å²) in [4.78, 5) is 14.5. The number of nitro benzene ring substituents is 1. The Labute approximate surface area is 97.1 Å². The topological polar surface area (TPSA) is 67.5 Å². The third-order valence-corrected chi connectivity index (χ3v) is 3.15. The summed E-state index contributed by atoms with van der Waals surface area (Å²) in [6, 6.07) is 4.78. The van der Waals surface area contributed by atoms with Crippen LogP contribution in [0.1, 0.15) is 5.56 Å². The van der Waals surface area contributed by atoms with E-state index in [1.54, 1.807) is 17.8 Å². The smallest absolute Gasteiger partial charge is 0.271 e. The average molecular weight is 237 g/mol. The second-order valence-electron chi connectivity index (χ2n) is 3.42. The molecule has 1 N–H and O–H groups in total. The molecular formula is C10H11N3O2S. The van der Waals surface area contributed by atoms with Gasteiger partial charge in [0.25, 0.3) is 5.69 Å². The molecule has 16 heavy (non-hydrogen) atoms. The van der Waals surface area contributed by atoms with Gasteiger partial charge in [0.1, 0.15) is 0 Å². The van der Waals surface area contributed by atoms with Crippen molar-refractivity contribution in [1.29, 1.82) is 0 Å². The summed E-state index contributed by atoms with van der Waals surface area (Å²) in [6.45, 7) is 2.72. The molecule has 84 valence electrons. The molecule has 1 aromatic carbocycles. The summed E-state index contributed by atoms with van der Waals surface area (Å²) in [6.07, 6.45) is 0. The van der Waals surface area contributed by atoms with Gasteiger partial charge in [-0.1, -0.05) is 17.8 Å². The van der Waals surface area contributed by atoms with E-state index in [2.05, 4.69) is 10.3 Å². The van der Waals surface area contributed by atoms with E-state index in [0.717, 1.165) is 28.7 Å². The second-order valence-corrected chi connectivity index (χ2v) is 4.50. The molecule has 5 nitrogen and oxygen atoms in total. The maximum atomic E-state index is 10.6. The lowest BCUT2D eigenvalue weighted by molar-refractivity contribution is -0.384. The quantitative estimate of drug-likeness (QED) is 0.633. The van der Waals surface area contributed by atoms with Gasteiger partial charge in [0.15, 0.2) is 5.17 Å². The van der Waals surface area contributed by atoms with Gasteiger partial charge in [-0.25, -0.2) is 0 Å². The van der Waals surface area contributed by atoms with Crippen LogP contribution in [0.4, 0.5) is 11.4 Å². The normalized spacial score (nSPS) is 14.7. The number of rotatable bonds is 2. The Bertz CT molecular complexity index is 459. The van der Waals surface area contributed by atoms with Crippen LogP contribution >= 0.6 is 11.8 Å². The Balaban J connectivity index is 2.24. The maximum Gasteiger partial charge on any atom is 0.271 e. The number of nitrogens with one attached hydrogen (secondary N) is 1. The molecule has 1 aliphatic heterocycles. The number of amidine groups is 1. The van der Waals surface area contributed by atoms with Gasteiger partial charge in [0, 0.05) is 23.6 Å². The summed E-state index contributed by atoms with van der Waals surface area (Å²) < 4.78 is 0. The van der Waals surface area contributed by atoms with Crippen molar-refractivity contribution in [1.82, 2.24) is 0 Å². The molecule has 2 rings (SSSR count). The van der Waals surface area contributed by atoms with Gasteiger partial charge in [0.2, 0.25) is 0 Å². The Morgan fingerprint density at radius 1 is 1.56 bits per heavy atom. The van der Waals surface area contributed by atoms with E-state index in [0.29, 0.717) is 0 Å². The zero-order valence-corrected chi connectivity index (χ0v) is 9.58. The van der Waals surface area contributed by atoms with Crippen LogP contribution in [0.25, 0.3) is 0 Å². The molecule has 0 radical (unpaired) electrons. The van der Waals surface area contributed by atoms with Crippen LogP contribution in [0.5, 0.6) is 0 Å². The zero-order valence-electron chi connectivity index (χ0n) is 8.77. The van der Waals surface area contributed by atoms with E-state index in [-0.39, 0.29) is 5.69 Å². The predicted molar refractivity (Wildman–Crippen MR) is 66.2 cm³/mol. The number of thioether (sulfide) groups is 1. The summed E-state index contributed by atoms with van der Waals surface area (Å²) in [7, 11) is 0. The highest BCUT2D eigenvalue weighted by Crippen LogP contribution is 2.24. The number of aryl methyl sites for hydroxylation is 1. The van der Waals surface area contributed by atoms with Crippen molar-refractivity contribution in [3.63, 3.8) is 0 Å². The molecule has 1 heterocycles. The number of nitrogens with zero attached hydrogens (tertiary/aromatic N) is 2. The third-order valence-electron chi connectivity index (χ3n) is 2.26. The fourth-order valence-corrected chi connectivity index (χ4v) is 2.12. The highest BCUT2D eigenvalue weighted by atomic mass is 32.2. The second kappa shape index (κ2) is 4.52. The summed E-state index contributed by atoms with van der Waals surface area (Å²) in [5.74, 6) is 0.969. The highest BCUT2D eigenvalue weighted by molar-refractivity contribution is 8.14. The van der Waals surface area contributed by atoms with Crippen molar-refractivity contribution in [3.8, 4) is 0 Å². The molecule has 0 saturated carbocycles. The van der Waals surface area contributed by atoms with Gasteiger partial charge in [-0.3, -0.25) is 15.1 Å². The largest absolute Gasteiger partial charge is 0.335 e. The van der Waals surface area contributed by atoms with Crippen molar-refractivity contribution in [3.05, 3.63) is 33.9 Å². The third kappa shape index (κ3) is 2.33. The van der Waals surface area contributed by atoms with E-state index < -0.39 is 4.92 Å². The number of anilines is 1. The monoisotopic (exact) mass is 237 g/mol. The van der Waals surface area contributed by atoms with Gasteiger partial charge >= 0.3 is 0 Å². The standard InChI is InChI=1S/C10H11N3O2S/c1-7-2-3-8(13(14)15)6-9(7)12-10-11-4-5-16-10/h2-3,6H,4-5H2,1H3,(H,11,12). The summed E-state index contributed by atoms with van der Waals surface area (Å²) in [5, 5.41) is 14.6. The van der Waals surface area contributed by atoms with Crippen LogP contribution in [0.15, 0.2) is 23.2 Å². The lowest BCUT2D eigenvalue weighted by Gasteiger charge is -2.07. The number of aliphatic imine (C=N–C) groups is 1. The minimum Gasteiger partial charge on any atom is -0.335 e. The molecule has 0 atom stereocenters. The van der Waals surface area contributed by atoms with Crippen LogP contribution in [0, 0.1) is 17.0 Å². The van der Waals surface area contributed by atoms with E-state index >= 15 is 0 Å². The number of benzene rings is 1. The van der Waals surface area contributed by atoms with Crippen LogP contribution in [-0.2, 0) is 0 Å². The van der Waals surface area contributed by atoms with Crippen molar-refractivity contribution in [2.45, 2.75) is 6.92 Å². The van der Waals surface area contributed by atoms with Gasteiger partial charge in [-0.15, -0.1) is 0 Å². The Kier molecular flexibility index (Phi) is 3.09. The molecule has 6 heteroatoms. The predicted octanol–water partition coefficient (Wildman–Crippen LogP) is 2.42. The maximum absolute atomic E-state index is 10.6. The Morgan fingerprint density at radius 3 is 3.00 bits per heavy atom. The molecule has 0 saturated heterocycles. The van der Waals surface area contributed by atoms with Crippen LogP contribution in [0.2, 0.25) is 0 Å². The first-order valence-corrected chi connectivity index (χ1v) is 5.85. The molecule has 0 aromatic heterocycles. The van der Waals surface area contributed by atoms with Gasteiger partial charge < -0.3 is 5.32 Å². The summed E-state index contributed by atoms with van der Waals surface area (Å²) in [5.41, 5.74) is 1.82.